The van der Waals surface area contributed by atoms with Crippen molar-refractivity contribution in [2.75, 3.05) is 6.54 Å². The van der Waals surface area contributed by atoms with Crippen LogP contribution in [0.1, 0.15) is 46.5 Å². The van der Waals surface area contributed by atoms with Gasteiger partial charge in [0.2, 0.25) is 5.91 Å². The normalized spacial score (nSPS) is 36.6. The maximum atomic E-state index is 11.4. The lowest BCUT2D eigenvalue weighted by atomic mass is 9.61. The minimum Gasteiger partial charge on any atom is -0.481 e. The Labute approximate surface area is 120 Å². The molecule has 5 nitrogen and oxygen atoms in total. The highest BCUT2D eigenvalue weighted by atomic mass is 16.4. The van der Waals surface area contributed by atoms with Gasteiger partial charge < -0.3 is 15.7 Å². The molecule has 0 bridgehead atoms. The third kappa shape index (κ3) is 2.97. The number of carbonyl (C=O) groups excluding carboxylic acids is 1. The first kappa shape index (κ1) is 15.3. The molecule has 0 radical (unpaired) electrons. The predicted molar refractivity (Wildman–Crippen MR) is 76.3 cm³/mol. The van der Waals surface area contributed by atoms with Crippen LogP contribution in [0.5, 0.6) is 0 Å². The number of nitrogens with one attached hydrogen (secondary N) is 2. The van der Waals surface area contributed by atoms with Crippen molar-refractivity contribution in [2.24, 2.45) is 17.3 Å². The summed E-state index contributed by atoms with van der Waals surface area (Å²) in [4.78, 5) is 22.5. The quantitative estimate of drug-likeness (QED) is 0.728. The Morgan fingerprint density at radius 1 is 1.40 bits per heavy atom. The Balaban J connectivity index is 1.91. The summed E-state index contributed by atoms with van der Waals surface area (Å²) in [6, 6.07) is 0.563. The molecule has 1 aliphatic carbocycles. The largest absolute Gasteiger partial charge is 0.481 e. The van der Waals surface area contributed by atoms with Crippen LogP contribution in [0, 0.1) is 17.3 Å². The molecule has 1 amide bonds. The zero-order valence-electron chi connectivity index (χ0n) is 12.6. The number of hydrogen-bond acceptors (Lipinski definition) is 3. The lowest BCUT2D eigenvalue weighted by Gasteiger charge is -2.46. The second kappa shape index (κ2) is 5.72. The highest BCUT2D eigenvalue weighted by Crippen LogP contribution is 2.45. The molecule has 0 spiro atoms. The molecular weight excluding hydrogens is 256 g/mol. The number of carbonyl (C=O) groups is 2. The SMILES string of the molecule is CC1C(NCC2CCC(=O)N2)CCC(C(=O)O)C1(C)C. The molecule has 1 aliphatic heterocycles. The lowest BCUT2D eigenvalue weighted by molar-refractivity contribution is -0.150. The van der Waals surface area contributed by atoms with E-state index < -0.39 is 5.97 Å². The summed E-state index contributed by atoms with van der Waals surface area (Å²) < 4.78 is 0. The van der Waals surface area contributed by atoms with Crippen LogP contribution in [0.4, 0.5) is 0 Å². The molecule has 2 aliphatic rings. The number of carboxylic acid groups (broad SMARTS) is 1. The molecule has 4 unspecified atom stereocenters. The monoisotopic (exact) mass is 282 g/mol. The topological polar surface area (TPSA) is 78.4 Å². The molecule has 5 heteroatoms. The van der Waals surface area contributed by atoms with Gasteiger partial charge in [0.05, 0.1) is 5.92 Å². The summed E-state index contributed by atoms with van der Waals surface area (Å²) in [5, 5.41) is 15.8. The predicted octanol–water partition coefficient (Wildman–Crippen LogP) is 1.38. The Bertz CT molecular complexity index is 395. The van der Waals surface area contributed by atoms with Crippen LogP contribution in [0.3, 0.4) is 0 Å². The van der Waals surface area contributed by atoms with E-state index in [9.17, 15) is 14.7 Å². The summed E-state index contributed by atoms with van der Waals surface area (Å²) in [5.74, 6) is -0.501. The summed E-state index contributed by atoms with van der Waals surface area (Å²) in [5.41, 5.74) is -0.208. The van der Waals surface area contributed by atoms with Crippen LogP contribution in [0.2, 0.25) is 0 Å². The standard InChI is InChI=1S/C15H26N2O3/c1-9-12(16-8-10-4-7-13(18)17-10)6-5-11(14(19)20)15(9,2)3/h9-12,16H,4-8H2,1-3H3,(H,17,18)(H,19,20). The molecule has 3 N–H and O–H groups in total. The van der Waals surface area contributed by atoms with E-state index in [1.165, 1.54) is 0 Å². The molecule has 2 rings (SSSR count). The second-order valence-electron chi connectivity index (χ2n) is 6.90. The Morgan fingerprint density at radius 2 is 2.10 bits per heavy atom. The number of amides is 1. The average Bonchev–Trinajstić information content (AvgIpc) is 2.76. The van der Waals surface area contributed by atoms with Crippen molar-refractivity contribution in [3.63, 3.8) is 0 Å². The fraction of sp³-hybridized carbons (Fsp3) is 0.867. The van der Waals surface area contributed by atoms with E-state index in [4.69, 9.17) is 0 Å². The summed E-state index contributed by atoms with van der Waals surface area (Å²) in [6.45, 7) is 7.04. The van der Waals surface area contributed by atoms with Gasteiger partial charge in [-0.25, -0.2) is 0 Å². The number of rotatable bonds is 4. The van der Waals surface area contributed by atoms with Crippen LogP contribution < -0.4 is 10.6 Å². The van der Waals surface area contributed by atoms with Crippen LogP contribution in [-0.2, 0) is 9.59 Å². The van der Waals surface area contributed by atoms with Crippen LogP contribution in [-0.4, -0.2) is 35.6 Å². The van der Waals surface area contributed by atoms with Crippen molar-refractivity contribution in [3.05, 3.63) is 0 Å². The van der Waals surface area contributed by atoms with Crippen LogP contribution >= 0.6 is 0 Å². The summed E-state index contributed by atoms with van der Waals surface area (Å²) in [7, 11) is 0. The highest BCUT2D eigenvalue weighted by Gasteiger charge is 2.46. The molecular formula is C15H26N2O3. The van der Waals surface area contributed by atoms with Gasteiger partial charge in [0.25, 0.3) is 0 Å². The third-order valence-electron chi connectivity index (χ3n) is 5.45. The Kier molecular flexibility index (Phi) is 4.37. The molecule has 2 fully saturated rings. The van der Waals surface area contributed by atoms with Gasteiger partial charge >= 0.3 is 5.97 Å². The molecule has 0 aromatic carbocycles. The molecule has 1 saturated heterocycles. The van der Waals surface area contributed by atoms with Gasteiger partial charge in [-0.1, -0.05) is 20.8 Å². The molecule has 0 aromatic rings. The zero-order valence-corrected chi connectivity index (χ0v) is 12.6. The smallest absolute Gasteiger partial charge is 0.307 e. The van der Waals surface area contributed by atoms with E-state index in [-0.39, 0.29) is 23.3 Å². The Morgan fingerprint density at radius 3 is 2.65 bits per heavy atom. The summed E-state index contributed by atoms with van der Waals surface area (Å²) in [6.07, 6.45) is 3.14. The van der Waals surface area contributed by atoms with Crippen molar-refractivity contribution in [1.82, 2.24) is 10.6 Å². The van der Waals surface area contributed by atoms with Crippen molar-refractivity contribution < 1.29 is 14.7 Å². The van der Waals surface area contributed by atoms with Gasteiger partial charge in [-0.05, 0) is 30.6 Å². The van der Waals surface area contributed by atoms with E-state index in [0.717, 1.165) is 25.8 Å². The van der Waals surface area contributed by atoms with Crippen molar-refractivity contribution in [3.8, 4) is 0 Å². The van der Waals surface area contributed by atoms with Gasteiger partial charge in [-0.3, -0.25) is 9.59 Å². The van der Waals surface area contributed by atoms with Gasteiger partial charge in [0, 0.05) is 25.0 Å². The molecule has 1 saturated carbocycles. The molecule has 114 valence electrons. The first-order valence-corrected chi connectivity index (χ1v) is 7.58. The lowest BCUT2D eigenvalue weighted by Crippen LogP contribution is -2.52. The fourth-order valence-electron chi connectivity index (χ4n) is 3.65. The average molecular weight is 282 g/mol. The molecule has 20 heavy (non-hydrogen) atoms. The number of hydrogen-bond donors (Lipinski definition) is 3. The maximum absolute atomic E-state index is 11.4. The first-order valence-electron chi connectivity index (χ1n) is 7.58. The maximum Gasteiger partial charge on any atom is 0.307 e. The van der Waals surface area contributed by atoms with Crippen molar-refractivity contribution in [1.29, 1.82) is 0 Å². The zero-order chi connectivity index (χ0) is 14.9. The second-order valence-corrected chi connectivity index (χ2v) is 6.90. The van der Waals surface area contributed by atoms with E-state index in [0.29, 0.717) is 18.4 Å². The molecule has 4 atom stereocenters. The highest BCUT2D eigenvalue weighted by molar-refractivity contribution is 5.78. The van der Waals surface area contributed by atoms with Crippen LogP contribution in [0.25, 0.3) is 0 Å². The Hall–Kier alpha value is -1.10. The van der Waals surface area contributed by atoms with Gasteiger partial charge in [-0.2, -0.15) is 0 Å². The van der Waals surface area contributed by atoms with Crippen molar-refractivity contribution >= 4 is 11.9 Å². The number of aliphatic carboxylic acids is 1. The van der Waals surface area contributed by atoms with Gasteiger partial charge in [-0.15, -0.1) is 0 Å². The van der Waals surface area contributed by atoms with E-state index in [1.807, 2.05) is 0 Å². The molecule has 1 heterocycles. The first-order chi connectivity index (χ1) is 9.32. The van der Waals surface area contributed by atoms with E-state index in [2.05, 4.69) is 31.4 Å². The molecule has 0 aromatic heterocycles. The fourth-order valence-corrected chi connectivity index (χ4v) is 3.65. The minimum absolute atomic E-state index is 0.139. The minimum atomic E-state index is -0.677. The number of carboxylic acids is 1. The van der Waals surface area contributed by atoms with E-state index >= 15 is 0 Å². The van der Waals surface area contributed by atoms with Gasteiger partial charge in [0.15, 0.2) is 0 Å². The van der Waals surface area contributed by atoms with E-state index in [1.54, 1.807) is 0 Å². The summed E-state index contributed by atoms with van der Waals surface area (Å²) >= 11 is 0. The van der Waals surface area contributed by atoms with Gasteiger partial charge in [0.1, 0.15) is 0 Å². The van der Waals surface area contributed by atoms with Crippen LogP contribution in [0.15, 0.2) is 0 Å². The third-order valence-corrected chi connectivity index (χ3v) is 5.45. The van der Waals surface area contributed by atoms with Crippen molar-refractivity contribution in [2.45, 2.75) is 58.5 Å².